The third-order valence-corrected chi connectivity index (χ3v) is 2.25. The molecule has 0 aliphatic rings. The average Bonchev–Trinajstić information content (AvgIpc) is 2.17. The second-order valence-electron chi connectivity index (χ2n) is 3.51. The van der Waals surface area contributed by atoms with Crippen molar-refractivity contribution < 1.29 is 9.59 Å². The summed E-state index contributed by atoms with van der Waals surface area (Å²) in [4.78, 5) is 23.8. The van der Waals surface area contributed by atoms with Crippen LogP contribution in [-0.2, 0) is 4.79 Å². The van der Waals surface area contributed by atoms with Gasteiger partial charge in [0.05, 0.1) is 0 Å². The van der Waals surface area contributed by atoms with Gasteiger partial charge >= 0.3 is 6.03 Å². The molecule has 0 saturated heterocycles. The molecule has 88 valence electrons. The number of halogens is 1. The van der Waals surface area contributed by atoms with Crippen molar-refractivity contribution >= 4 is 23.5 Å². The second kappa shape index (κ2) is 7.48. The first-order valence-electron chi connectivity index (χ1n) is 4.81. The normalized spacial score (nSPS) is 10.5. The van der Waals surface area contributed by atoms with Crippen LogP contribution in [0.15, 0.2) is 0 Å². The molecule has 0 aromatic heterocycles. The van der Waals surface area contributed by atoms with Gasteiger partial charge in [-0.15, -0.1) is 11.6 Å². The van der Waals surface area contributed by atoms with Crippen molar-refractivity contribution in [1.29, 1.82) is 0 Å². The molecule has 0 saturated carbocycles. The van der Waals surface area contributed by atoms with Crippen molar-refractivity contribution in [2.75, 3.05) is 26.0 Å². The lowest BCUT2D eigenvalue weighted by molar-refractivity contribution is -0.117. The first-order chi connectivity index (χ1) is 6.97. The van der Waals surface area contributed by atoms with Crippen molar-refractivity contribution in [3.8, 4) is 0 Å². The molecule has 0 aliphatic heterocycles. The molecule has 0 aromatic carbocycles. The summed E-state index contributed by atoms with van der Waals surface area (Å²) in [7, 11) is 1.97. The highest BCUT2D eigenvalue weighted by atomic mass is 35.5. The summed E-state index contributed by atoms with van der Waals surface area (Å²) in [6.45, 7) is 5.37. The van der Waals surface area contributed by atoms with Gasteiger partial charge in [-0.25, -0.2) is 4.79 Å². The minimum Gasteiger partial charge on any atom is -0.337 e. The molecule has 3 amide bonds. The molecule has 0 unspecified atom stereocenters. The van der Waals surface area contributed by atoms with Crippen LogP contribution >= 0.6 is 11.6 Å². The highest BCUT2D eigenvalue weighted by Gasteiger charge is 2.06. The van der Waals surface area contributed by atoms with E-state index in [1.54, 1.807) is 0 Å². The van der Waals surface area contributed by atoms with Crippen molar-refractivity contribution in [3.05, 3.63) is 0 Å². The van der Waals surface area contributed by atoms with Crippen LogP contribution in [0, 0.1) is 0 Å². The monoisotopic (exact) mass is 235 g/mol. The smallest absolute Gasteiger partial charge is 0.321 e. The van der Waals surface area contributed by atoms with E-state index in [2.05, 4.69) is 29.4 Å². The van der Waals surface area contributed by atoms with Gasteiger partial charge in [0.2, 0.25) is 5.91 Å². The van der Waals surface area contributed by atoms with Crippen LogP contribution in [0.5, 0.6) is 0 Å². The van der Waals surface area contributed by atoms with Crippen LogP contribution in [0.3, 0.4) is 0 Å². The molecule has 0 aromatic rings. The maximum absolute atomic E-state index is 11.0. The lowest BCUT2D eigenvalue weighted by Gasteiger charge is -2.20. The largest absolute Gasteiger partial charge is 0.337 e. The number of amides is 3. The summed E-state index contributed by atoms with van der Waals surface area (Å²) in [5.74, 6) is -0.703. The molecule has 0 fully saturated rings. The molecule has 0 bridgehead atoms. The summed E-state index contributed by atoms with van der Waals surface area (Å²) >= 11 is 5.22. The first-order valence-corrected chi connectivity index (χ1v) is 5.34. The maximum atomic E-state index is 11.0. The Morgan fingerprint density at radius 1 is 1.40 bits per heavy atom. The molecule has 5 nitrogen and oxygen atoms in total. The number of rotatable bonds is 5. The molecule has 15 heavy (non-hydrogen) atoms. The number of carbonyl (C=O) groups excluding carboxylic acids is 2. The van der Waals surface area contributed by atoms with Gasteiger partial charge in [-0.3, -0.25) is 10.1 Å². The third kappa shape index (κ3) is 7.16. The number of imide groups is 1. The predicted molar refractivity (Wildman–Crippen MR) is 60.0 cm³/mol. The van der Waals surface area contributed by atoms with Gasteiger partial charge < -0.3 is 10.2 Å². The zero-order valence-electron chi connectivity index (χ0n) is 9.34. The lowest BCUT2D eigenvalue weighted by atomic mass is 10.3. The highest BCUT2D eigenvalue weighted by molar-refractivity contribution is 6.28. The summed E-state index contributed by atoms with van der Waals surface area (Å²) in [6, 6.07) is -0.0721. The van der Waals surface area contributed by atoms with Gasteiger partial charge in [0.1, 0.15) is 5.88 Å². The molecule has 0 radical (unpaired) electrons. The van der Waals surface area contributed by atoms with E-state index in [0.717, 1.165) is 6.54 Å². The maximum Gasteiger partial charge on any atom is 0.321 e. The fourth-order valence-corrected chi connectivity index (χ4v) is 0.875. The number of alkyl halides is 1. The van der Waals surface area contributed by atoms with Gasteiger partial charge in [-0.1, -0.05) is 0 Å². The minimum atomic E-state index is -0.502. The SMILES string of the molecule is CC(C)N(C)CCNC(=O)NC(=O)CCl. The first kappa shape index (κ1) is 14.2. The molecule has 0 atom stereocenters. The molecule has 0 spiro atoms. The Bertz CT molecular complexity index is 221. The molecular formula is C9H18ClN3O2. The van der Waals surface area contributed by atoms with Crippen molar-refractivity contribution in [2.45, 2.75) is 19.9 Å². The number of urea groups is 1. The van der Waals surface area contributed by atoms with Gasteiger partial charge in [0.15, 0.2) is 0 Å². The van der Waals surface area contributed by atoms with E-state index in [9.17, 15) is 9.59 Å². The van der Waals surface area contributed by atoms with Crippen molar-refractivity contribution in [3.63, 3.8) is 0 Å². The van der Waals surface area contributed by atoms with Crippen LogP contribution in [0.2, 0.25) is 0 Å². The molecule has 2 N–H and O–H groups in total. The van der Waals surface area contributed by atoms with E-state index >= 15 is 0 Å². The molecular weight excluding hydrogens is 218 g/mol. The van der Waals surface area contributed by atoms with Gasteiger partial charge in [0.25, 0.3) is 0 Å². The molecule has 6 heteroatoms. The quantitative estimate of drug-likeness (QED) is 0.678. The number of hydrogen-bond acceptors (Lipinski definition) is 3. The number of nitrogens with zero attached hydrogens (tertiary/aromatic N) is 1. The highest BCUT2D eigenvalue weighted by Crippen LogP contribution is 1.90. The third-order valence-electron chi connectivity index (χ3n) is 2.01. The number of likely N-dealkylation sites (N-methyl/N-ethyl adjacent to an activating group) is 1. The topological polar surface area (TPSA) is 61.4 Å². The van der Waals surface area contributed by atoms with Crippen LogP contribution in [0.1, 0.15) is 13.8 Å². The van der Waals surface area contributed by atoms with E-state index in [4.69, 9.17) is 11.6 Å². The number of nitrogens with one attached hydrogen (secondary N) is 2. The lowest BCUT2D eigenvalue weighted by Crippen LogP contribution is -2.43. The Kier molecular flexibility index (Phi) is 7.07. The molecule has 0 heterocycles. The van der Waals surface area contributed by atoms with E-state index < -0.39 is 11.9 Å². The van der Waals surface area contributed by atoms with Crippen molar-refractivity contribution in [2.24, 2.45) is 0 Å². The minimum absolute atomic E-state index is 0.209. The Labute approximate surface area is 95.1 Å². The summed E-state index contributed by atoms with van der Waals surface area (Å²) < 4.78 is 0. The fraction of sp³-hybridized carbons (Fsp3) is 0.778. The van der Waals surface area contributed by atoms with Crippen LogP contribution in [-0.4, -0.2) is 48.9 Å². The van der Waals surface area contributed by atoms with E-state index in [0.29, 0.717) is 12.6 Å². The van der Waals surface area contributed by atoms with Crippen LogP contribution < -0.4 is 10.6 Å². The Morgan fingerprint density at radius 2 is 2.00 bits per heavy atom. The predicted octanol–water partition coefficient (Wildman–Crippen LogP) is 0.391. The Morgan fingerprint density at radius 3 is 2.47 bits per heavy atom. The standard InChI is InChI=1S/C9H18ClN3O2/c1-7(2)13(3)5-4-11-9(15)12-8(14)6-10/h7H,4-6H2,1-3H3,(H2,11,12,14,15). The Hall–Kier alpha value is -0.810. The summed E-state index contributed by atoms with van der Waals surface area (Å²) in [5.41, 5.74) is 0. The van der Waals surface area contributed by atoms with E-state index in [1.807, 2.05) is 7.05 Å². The van der Waals surface area contributed by atoms with Gasteiger partial charge in [0, 0.05) is 19.1 Å². The zero-order valence-corrected chi connectivity index (χ0v) is 10.1. The number of hydrogen-bond donors (Lipinski definition) is 2. The average molecular weight is 236 g/mol. The van der Waals surface area contributed by atoms with Gasteiger partial charge in [-0.05, 0) is 20.9 Å². The summed E-state index contributed by atoms with van der Waals surface area (Å²) in [6.07, 6.45) is 0. The van der Waals surface area contributed by atoms with E-state index in [1.165, 1.54) is 0 Å². The van der Waals surface area contributed by atoms with Gasteiger partial charge in [-0.2, -0.15) is 0 Å². The fourth-order valence-electron chi connectivity index (χ4n) is 0.808. The zero-order chi connectivity index (χ0) is 11.8. The molecule has 0 aliphatic carbocycles. The Balaban J connectivity index is 3.59. The van der Waals surface area contributed by atoms with Crippen LogP contribution in [0.4, 0.5) is 4.79 Å². The second-order valence-corrected chi connectivity index (χ2v) is 3.78. The van der Waals surface area contributed by atoms with Crippen LogP contribution in [0.25, 0.3) is 0 Å². The molecule has 0 rings (SSSR count). The summed E-state index contributed by atoms with van der Waals surface area (Å²) in [5, 5.41) is 4.66. The number of carbonyl (C=O) groups is 2. The van der Waals surface area contributed by atoms with Crippen molar-refractivity contribution in [1.82, 2.24) is 15.5 Å². The van der Waals surface area contributed by atoms with E-state index in [-0.39, 0.29) is 5.88 Å².